The Morgan fingerprint density at radius 1 is 1.04 bits per heavy atom. The summed E-state index contributed by atoms with van der Waals surface area (Å²) in [6.07, 6.45) is 2.82. The van der Waals surface area contributed by atoms with E-state index in [0.717, 1.165) is 0 Å². The van der Waals surface area contributed by atoms with Crippen LogP contribution in [0.4, 0.5) is 0 Å². The molecule has 7 heteroatoms. The van der Waals surface area contributed by atoms with Crippen LogP contribution in [-0.2, 0) is 0 Å². The summed E-state index contributed by atoms with van der Waals surface area (Å²) in [5, 5.41) is 13.4. The van der Waals surface area contributed by atoms with Crippen LogP contribution >= 0.6 is 0 Å². The first-order chi connectivity index (χ1) is 12.6. The van der Waals surface area contributed by atoms with Gasteiger partial charge in [-0.15, -0.1) is 0 Å². The first-order valence-electron chi connectivity index (χ1n) is 7.60. The van der Waals surface area contributed by atoms with E-state index in [-0.39, 0.29) is 17.1 Å². The number of benzene rings is 2. The number of amides is 1. The number of rotatable bonds is 5. The van der Waals surface area contributed by atoms with Crippen molar-refractivity contribution in [3.8, 4) is 11.5 Å². The van der Waals surface area contributed by atoms with Gasteiger partial charge in [0.05, 0.1) is 18.0 Å². The van der Waals surface area contributed by atoms with Gasteiger partial charge in [0.25, 0.3) is 5.91 Å². The lowest BCUT2D eigenvalue weighted by Crippen LogP contribution is -2.17. The Bertz CT molecular complexity index is 931. The van der Waals surface area contributed by atoms with Crippen LogP contribution in [0.3, 0.4) is 0 Å². The molecule has 26 heavy (non-hydrogen) atoms. The number of nitrogens with one attached hydrogen (secondary N) is 1. The number of furan rings is 1. The number of hydrogen-bond acceptors (Lipinski definition) is 6. The van der Waals surface area contributed by atoms with Gasteiger partial charge in [0, 0.05) is 0 Å². The number of carbonyl (C=O) groups is 2. The quantitative estimate of drug-likeness (QED) is 0.319. The van der Waals surface area contributed by atoms with Crippen molar-refractivity contribution in [1.82, 2.24) is 5.43 Å². The predicted octanol–water partition coefficient (Wildman–Crippen LogP) is 2.97. The normalized spacial score (nSPS) is 10.6. The van der Waals surface area contributed by atoms with Gasteiger partial charge >= 0.3 is 5.97 Å². The highest BCUT2D eigenvalue weighted by molar-refractivity contribution is 5.97. The maximum absolute atomic E-state index is 11.9. The van der Waals surface area contributed by atoms with Crippen LogP contribution in [0, 0.1) is 0 Å². The molecule has 0 spiro atoms. The Hall–Kier alpha value is -3.87. The van der Waals surface area contributed by atoms with Crippen LogP contribution in [0.2, 0.25) is 0 Å². The zero-order valence-corrected chi connectivity index (χ0v) is 13.5. The van der Waals surface area contributed by atoms with Crippen LogP contribution in [0.15, 0.2) is 76.4 Å². The molecule has 0 aliphatic heterocycles. The number of phenols is 1. The van der Waals surface area contributed by atoms with Gasteiger partial charge in [0.2, 0.25) is 5.76 Å². The van der Waals surface area contributed by atoms with Crippen molar-refractivity contribution in [2.45, 2.75) is 0 Å². The molecule has 0 aliphatic carbocycles. The highest BCUT2D eigenvalue weighted by Crippen LogP contribution is 2.15. The molecule has 0 bridgehead atoms. The van der Waals surface area contributed by atoms with Gasteiger partial charge in [0.15, 0.2) is 0 Å². The average molecular weight is 350 g/mol. The van der Waals surface area contributed by atoms with Crippen molar-refractivity contribution in [3.05, 3.63) is 83.8 Å². The number of esters is 1. The van der Waals surface area contributed by atoms with E-state index < -0.39 is 11.9 Å². The highest BCUT2D eigenvalue weighted by Gasteiger charge is 2.11. The van der Waals surface area contributed by atoms with Gasteiger partial charge in [-0.05, 0) is 54.1 Å². The molecule has 0 aliphatic rings. The molecule has 2 N–H and O–H groups in total. The summed E-state index contributed by atoms with van der Waals surface area (Å²) in [6, 6.07) is 15.8. The van der Waals surface area contributed by atoms with E-state index >= 15 is 0 Å². The Morgan fingerprint density at radius 3 is 2.50 bits per heavy atom. The summed E-state index contributed by atoms with van der Waals surface area (Å²) in [5.41, 5.74) is 3.14. The molecule has 0 radical (unpaired) electrons. The lowest BCUT2D eigenvalue weighted by atomic mass is 10.2. The Morgan fingerprint density at radius 2 is 1.81 bits per heavy atom. The molecular formula is C19H14N2O5. The van der Waals surface area contributed by atoms with Gasteiger partial charge in [-0.2, -0.15) is 5.10 Å². The van der Waals surface area contributed by atoms with Crippen molar-refractivity contribution in [2.75, 3.05) is 0 Å². The molecule has 1 heterocycles. The number of aromatic hydroxyl groups is 1. The number of hydrogen-bond donors (Lipinski definition) is 2. The topological polar surface area (TPSA) is 101 Å². The number of phenolic OH excluding ortho intramolecular Hbond substituents is 1. The molecule has 0 saturated carbocycles. The molecule has 130 valence electrons. The fourth-order valence-corrected chi connectivity index (χ4v) is 2.07. The third-order valence-electron chi connectivity index (χ3n) is 3.34. The Labute approximate surface area is 148 Å². The number of ether oxygens (including phenoxy) is 1. The second-order valence-electron chi connectivity index (χ2n) is 5.15. The van der Waals surface area contributed by atoms with E-state index in [4.69, 9.17) is 9.15 Å². The SMILES string of the molecule is O=C(Oc1ccc(C=NNC(=O)c2ccccc2O)cc1)c1ccco1. The minimum atomic E-state index is -0.591. The number of hydrazone groups is 1. The molecule has 0 fully saturated rings. The maximum Gasteiger partial charge on any atom is 0.379 e. The van der Waals surface area contributed by atoms with Crippen molar-refractivity contribution in [2.24, 2.45) is 5.10 Å². The lowest BCUT2D eigenvalue weighted by molar-refractivity contribution is 0.0701. The highest BCUT2D eigenvalue weighted by atomic mass is 16.5. The van der Waals surface area contributed by atoms with Gasteiger partial charge in [-0.3, -0.25) is 4.79 Å². The molecule has 1 amide bonds. The monoisotopic (exact) mass is 350 g/mol. The predicted molar refractivity (Wildman–Crippen MR) is 93.3 cm³/mol. The van der Waals surface area contributed by atoms with Crippen molar-refractivity contribution < 1.29 is 23.8 Å². The molecule has 3 aromatic rings. The Balaban J connectivity index is 1.57. The average Bonchev–Trinajstić information content (AvgIpc) is 3.18. The van der Waals surface area contributed by atoms with Gasteiger partial charge in [-0.1, -0.05) is 12.1 Å². The summed E-state index contributed by atoms with van der Waals surface area (Å²) in [4.78, 5) is 23.7. The fourth-order valence-electron chi connectivity index (χ4n) is 2.07. The maximum atomic E-state index is 11.9. The van der Waals surface area contributed by atoms with Crippen molar-refractivity contribution in [1.29, 1.82) is 0 Å². The van der Waals surface area contributed by atoms with Gasteiger partial charge < -0.3 is 14.3 Å². The van der Waals surface area contributed by atoms with E-state index in [1.165, 1.54) is 30.7 Å². The van der Waals surface area contributed by atoms with Crippen LogP contribution < -0.4 is 10.2 Å². The second-order valence-corrected chi connectivity index (χ2v) is 5.15. The zero-order chi connectivity index (χ0) is 18.4. The van der Waals surface area contributed by atoms with E-state index in [0.29, 0.717) is 11.3 Å². The smallest absolute Gasteiger partial charge is 0.379 e. The van der Waals surface area contributed by atoms with E-state index in [9.17, 15) is 14.7 Å². The molecule has 0 saturated heterocycles. The zero-order valence-electron chi connectivity index (χ0n) is 13.5. The molecule has 0 atom stereocenters. The van der Waals surface area contributed by atoms with E-state index in [2.05, 4.69) is 10.5 Å². The Kier molecular flexibility index (Phi) is 5.09. The molecule has 2 aromatic carbocycles. The molecular weight excluding hydrogens is 336 g/mol. The molecule has 3 rings (SSSR count). The molecule has 1 aromatic heterocycles. The number of nitrogens with zero attached hydrogens (tertiary/aromatic N) is 1. The van der Waals surface area contributed by atoms with Crippen LogP contribution in [0.1, 0.15) is 26.5 Å². The lowest BCUT2D eigenvalue weighted by Gasteiger charge is -2.03. The first-order valence-corrected chi connectivity index (χ1v) is 7.60. The number of para-hydroxylation sites is 1. The van der Waals surface area contributed by atoms with Gasteiger partial charge in [0.1, 0.15) is 11.5 Å². The summed E-state index contributed by atoms with van der Waals surface area (Å²) < 4.78 is 10.1. The second kappa shape index (κ2) is 7.80. The third-order valence-corrected chi connectivity index (χ3v) is 3.34. The fraction of sp³-hybridized carbons (Fsp3) is 0. The largest absolute Gasteiger partial charge is 0.507 e. The summed E-state index contributed by atoms with van der Waals surface area (Å²) in [5.74, 6) is -0.776. The van der Waals surface area contributed by atoms with Crippen molar-refractivity contribution in [3.63, 3.8) is 0 Å². The summed E-state index contributed by atoms with van der Waals surface area (Å²) in [6.45, 7) is 0. The molecule has 0 unspecified atom stereocenters. The molecule has 7 nitrogen and oxygen atoms in total. The first kappa shape index (κ1) is 17.0. The van der Waals surface area contributed by atoms with E-state index in [1.807, 2.05) is 0 Å². The van der Waals surface area contributed by atoms with Crippen LogP contribution in [0.5, 0.6) is 11.5 Å². The van der Waals surface area contributed by atoms with E-state index in [1.54, 1.807) is 42.5 Å². The van der Waals surface area contributed by atoms with Crippen molar-refractivity contribution >= 4 is 18.1 Å². The van der Waals surface area contributed by atoms with Gasteiger partial charge in [-0.25, -0.2) is 10.2 Å². The summed E-state index contributed by atoms with van der Waals surface area (Å²) >= 11 is 0. The third kappa shape index (κ3) is 4.15. The minimum absolute atomic E-state index is 0.113. The standard InChI is InChI=1S/C19H14N2O5/c22-16-5-2-1-4-15(16)18(23)21-20-12-13-7-9-14(10-8-13)26-19(24)17-6-3-11-25-17/h1-12,22H,(H,21,23). The van der Waals surface area contributed by atoms with Crippen LogP contribution in [0.25, 0.3) is 0 Å². The van der Waals surface area contributed by atoms with Crippen LogP contribution in [-0.4, -0.2) is 23.2 Å². The number of carbonyl (C=O) groups excluding carboxylic acids is 2. The minimum Gasteiger partial charge on any atom is -0.507 e. The summed E-state index contributed by atoms with van der Waals surface area (Å²) in [7, 11) is 0.